The van der Waals surface area contributed by atoms with Gasteiger partial charge in [-0.1, -0.05) is 0 Å². The SMILES string of the molecule is CC(C)OCCN(C)c1ncc(C(=O)O)cc1[N+](=O)[O-]. The molecule has 1 rings (SSSR count). The van der Waals surface area contributed by atoms with Crippen LogP contribution in [0, 0.1) is 10.1 Å². The number of carboxylic acid groups (broad SMARTS) is 1. The van der Waals surface area contributed by atoms with E-state index in [1.807, 2.05) is 13.8 Å². The maximum Gasteiger partial charge on any atom is 0.337 e. The Morgan fingerprint density at radius 1 is 1.60 bits per heavy atom. The highest BCUT2D eigenvalue weighted by Gasteiger charge is 2.21. The molecular weight excluding hydrogens is 266 g/mol. The summed E-state index contributed by atoms with van der Waals surface area (Å²) < 4.78 is 5.36. The van der Waals surface area contributed by atoms with Gasteiger partial charge in [0.2, 0.25) is 5.82 Å². The van der Waals surface area contributed by atoms with E-state index < -0.39 is 10.9 Å². The van der Waals surface area contributed by atoms with Crippen LogP contribution in [-0.4, -0.2) is 47.3 Å². The second kappa shape index (κ2) is 6.80. The fourth-order valence-electron chi connectivity index (χ4n) is 1.52. The van der Waals surface area contributed by atoms with E-state index in [2.05, 4.69) is 4.98 Å². The van der Waals surface area contributed by atoms with Crippen LogP contribution in [0.15, 0.2) is 12.3 Å². The third-order valence-electron chi connectivity index (χ3n) is 2.53. The van der Waals surface area contributed by atoms with E-state index in [1.54, 1.807) is 11.9 Å². The number of anilines is 1. The van der Waals surface area contributed by atoms with Gasteiger partial charge in [-0.05, 0) is 13.8 Å². The largest absolute Gasteiger partial charge is 0.478 e. The number of pyridine rings is 1. The van der Waals surface area contributed by atoms with Gasteiger partial charge >= 0.3 is 11.7 Å². The maximum absolute atomic E-state index is 11.0. The Balaban J connectivity index is 2.93. The van der Waals surface area contributed by atoms with Crippen LogP contribution in [0.3, 0.4) is 0 Å². The highest BCUT2D eigenvalue weighted by atomic mass is 16.6. The Kier molecular flexibility index (Phi) is 5.39. The summed E-state index contributed by atoms with van der Waals surface area (Å²) in [6, 6.07) is 1.00. The van der Waals surface area contributed by atoms with Gasteiger partial charge in [-0.15, -0.1) is 0 Å². The fraction of sp³-hybridized carbons (Fsp3) is 0.500. The predicted molar refractivity (Wildman–Crippen MR) is 72.2 cm³/mol. The van der Waals surface area contributed by atoms with Crippen molar-refractivity contribution < 1.29 is 19.6 Å². The topological polar surface area (TPSA) is 106 Å². The van der Waals surface area contributed by atoms with Gasteiger partial charge in [0.05, 0.1) is 23.2 Å². The van der Waals surface area contributed by atoms with Crippen molar-refractivity contribution in [3.8, 4) is 0 Å². The van der Waals surface area contributed by atoms with Gasteiger partial charge in [-0.3, -0.25) is 10.1 Å². The summed E-state index contributed by atoms with van der Waals surface area (Å²) in [5.74, 6) is -1.13. The van der Waals surface area contributed by atoms with E-state index in [4.69, 9.17) is 9.84 Å². The number of nitro groups is 1. The molecule has 0 aliphatic carbocycles. The fourth-order valence-corrected chi connectivity index (χ4v) is 1.52. The predicted octanol–water partition coefficient (Wildman–Crippen LogP) is 1.55. The molecular formula is C12H17N3O5. The van der Waals surface area contributed by atoms with Crippen molar-refractivity contribution in [3.63, 3.8) is 0 Å². The number of carboxylic acids is 1. The molecule has 0 saturated heterocycles. The zero-order valence-electron chi connectivity index (χ0n) is 11.6. The van der Waals surface area contributed by atoms with Gasteiger partial charge in [0, 0.05) is 25.9 Å². The molecule has 0 atom stereocenters. The zero-order valence-corrected chi connectivity index (χ0v) is 11.6. The van der Waals surface area contributed by atoms with Crippen LogP contribution < -0.4 is 4.90 Å². The molecule has 1 aromatic heterocycles. The van der Waals surface area contributed by atoms with E-state index in [9.17, 15) is 14.9 Å². The number of likely N-dealkylation sites (N-methyl/N-ethyl adjacent to an activating group) is 1. The second-order valence-corrected chi connectivity index (χ2v) is 4.47. The van der Waals surface area contributed by atoms with Gasteiger partial charge < -0.3 is 14.7 Å². The van der Waals surface area contributed by atoms with E-state index in [0.29, 0.717) is 13.2 Å². The molecule has 0 unspecified atom stereocenters. The number of ether oxygens (including phenoxy) is 1. The first-order valence-electron chi connectivity index (χ1n) is 6.03. The van der Waals surface area contributed by atoms with Crippen LogP contribution in [0.25, 0.3) is 0 Å². The van der Waals surface area contributed by atoms with Crippen molar-refractivity contribution in [2.45, 2.75) is 20.0 Å². The van der Waals surface area contributed by atoms with E-state index in [1.165, 1.54) is 0 Å². The summed E-state index contributed by atoms with van der Waals surface area (Å²) in [7, 11) is 1.64. The smallest absolute Gasteiger partial charge is 0.337 e. The van der Waals surface area contributed by atoms with E-state index >= 15 is 0 Å². The Hall–Kier alpha value is -2.22. The molecule has 8 nitrogen and oxygen atoms in total. The van der Waals surface area contributed by atoms with Crippen molar-refractivity contribution >= 4 is 17.5 Å². The minimum absolute atomic E-state index is 0.0701. The number of aromatic nitrogens is 1. The molecule has 0 radical (unpaired) electrons. The summed E-state index contributed by atoms with van der Waals surface area (Å²) in [6.45, 7) is 4.59. The molecule has 20 heavy (non-hydrogen) atoms. The van der Waals surface area contributed by atoms with Gasteiger partial charge in [-0.2, -0.15) is 0 Å². The first kappa shape index (κ1) is 15.8. The third kappa shape index (κ3) is 4.16. The number of hydrogen-bond acceptors (Lipinski definition) is 6. The van der Waals surface area contributed by atoms with Gasteiger partial charge in [0.1, 0.15) is 0 Å². The van der Waals surface area contributed by atoms with Crippen molar-refractivity contribution in [2.24, 2.45) is 0 Å². The number of hydrogen-bond donors (Lipinski definition) is 1. The molecule has 0 aliphatic heterocycles. The van der Waals surface area contributed by atoms with E-state index in [-0.39, 0.29) is 23.2 Å². The first-order chi connectivity index (χ1) is 9.32. The normalized spacial score (nSPS) is 10.6. The van der Waals surface area contributed by atoms with Crippen molar-refractivity contribution in [3.05, 3.63) is 27.9 Å². The standard InChI is InChI=1S/C12H17N3O5/c1-8(2)20-5-4-14(3)11-10(15(18)19)6-9(7-13-11)12(16)17/h6-8H,4-5H2,1-3H3,(H,16,17). The highest BCUT2D eigenvalue weighted by molar-refractivity contribution is 5.88. The number of aromatic carboxylic acids is 1. The van der Waals surface area contributed by atoms with Crippen LogP contribution in [0.2, 0.25) is 0 Å². The van der Waals surface area contributed by atoms with Gasteiger partial charge in [0.25, 0.3) is 0 Å². The summed E-state index contributed by atoms with van der Waals surface area (Å²) in [5, 5.41) is 19.8. The van der Waals surface area contributed by atoms with Crippen molar-refractivity contribution in [1.29, 1.82) is 0 Å². The molecule has 1 aromatic rings. The Bertz CT molecular complexity index is 504. The van der Waals surface area contributed by atoms with Crippen molar-refractivity contribution in [1.82, 2.24) is 4.98 Å². The molecule has 110 valence electrons. The summed E-state index contributed by atoms with van der Waals surface area (Å²) in [4.78, 5) is 26.6. The molecule has 0 aliphatic rings. The summed E-state index contributed by atoms with van der Waals surface area (Å²) in [5.41, 5.74) is -0.552. The van der Waals surface area contributed by atoms with Crippen LogP contribution in [-0.2, 0) is 4.74 Å². The Morgan fingerprint density at radius 2 is 2.25 bits per heavy atom. The van der Waals surface area contributed by atoms with Gasteiger partial charge in [-0.25, -0.2) is 9.78 Å². The van der Waals surface area contributed by atoms with Crippen LogP contribution in [0.5, 0.6) is 0 Å². The lowest BCUT2D eigenvalue weighted by Crippen LogP contribution is -2.25. The molecule has 1 N–H and O–H groups in total. The minimum atomic E-state index is -1.25. The average molecular weight is 283 g/mol. The van der Waals surface area contributed by atoms with Crippen LogP contribution >= 0.6 is 0 Å². The lowest BCUT2D eigenvalue weighted by Gasteiger charge is -2.18. The van der Waals surface area contributed by atoms with Crippen molar-refractivity contribution in [2.75, 3.05) is 25.1 Å². The maximum atomic E-state index is 11.0. The minimum Gasteiger partial charge on any atom is -0.478 e. The lowest BCUT2D eigenvalue weighted by atomic mass is 10.2. The summed E-state index contributed by atoms with van der Waals surface area (Å²) in [6.07, 6.45) is 1.17. The van der Waals surface area contributed by atoms with Gasteiger partial charge in [0.15, 0.2) is 0 Å². The second-order valence-electron chi connectivity index (χ2n) is 4.47. The molecule has 8 heteroatoms. The molecule has 0 saturated carbocycles. The van der Waals surface area contributed by atoms with E-state index in [0.717, 1.165) is 12.3 Å². The van der Waals surface area contributed by atoms with Crippen LogP contribution in [0.1, 0.15) is 24.2 Å². The number of carbonyl (C=O) groups is 1. The molecule has 0 fully saturated rings. The molecule has 0 amide bonds. The third-order valence-corrected chi connectivity index (χ3v) is 2.53. The van der Waals surface area contributed by atoms with Crippen LogP contribution in [0.4, 0.5) is 11.5 Å². The lowest BCUT2D eigenvalue weighted by molar-refractivity contribution is -0.384. The first-order valence-corrected chi connectivity index (χ1v) is 6.03. The Labute approximate surface area is 116 Å². The molecule has 0 spiro atoms. The molecule has 0 bridgehead atoms. The number of nitrogens with zero attached hydrogens (tertiary/aromatic N) is 3. The highest BCUT2D eigenvalue weighted by Crippen LogP contribution is 2.25. The zero-order chi connectivity index (χ0) is 15.3. The quantitative estimate of drug-likeness (QED) is 0.597. The average Bonchev–Trinajstić information content (AvgIpc) is 2.37. The molecule has 1 heterocycles. The summed E-state index contributed by atoms with van der Waals surface area (Å²) >= 11 is 0. The molecule has 0 aromatic carbocycles. The monoisotopic (exact) mass is 283 g/mol. The Morgan fingerprint density at radius 3 is 2.75 bits per heavy atom. The number of rotatable bonds is 7.